The number of non-ortho nitro benzene ring substituents is 1. The van der Waals surface area contributed by atoms with Gasteiger partial charge in [0, 0.05) is 18.7 Å². The van der Waals surface area contributed by atoms with Gasteiger partial charge in [0.15, 0.2) is 0 Å². The third kappa shape index (κ3) is 1.66. The van der Waals surface area contributed by atoms with E-state index in [0.717, 1.165) is 11.1 Å². The van der Waals surface area contributed by atoms with E-state index in [-0.39, 0.29) is 5.69 Å². The molecule has 14 heavy (non-hydrogen) atoms. The van der Waals surface area contributed by atoms with Gasteiger partial charge in [-0.15, -0.1) is 0 Å². The number of benzene rings is 1. The van der Waals surface area contributed by atoms with Gasteiger partial charge in [-0.2, -0.15) is 0 Å². The van der Waals surface area contributed by atoms with Crippen LogP contribution >= 0.6 is 0 Å². The van der Waals surface area contributed by atoms with Crippen LogP contribution in [0, 0.1) is 10.1 Å². The fourth-order valence-corrected chi connectivity index (χ4v) is 2.36. The molecule has 0 aromatic heterocycles. The first-order valence-electron chi connectivity index (χ1n) is 4.05. The van der Waals surface area contributed by atoms with Gasteiger partial charge in [0.25, 0.3) is 5.69 Å². The quantitative estimate of drug-likeness (QED) is 0.554. The van der Waals surface area contributed by atoms with Crippen molar-refractivity contribution in [2.45, 2.75) is 12.3 Å². The first-order chi connectivity index (χ1) is 6.66. The van der Waals surface area contributed by atoms with Crippen LogP contribution in [0.25, 0.3) is 0 Å². The lowest BCUT2D eigenvalue weighted by Gasteiger charge is -2.15. The third-order valence-corrected chi connectivity index (χ3v) is 3.15. The van der Waals surface area contributed by atoms with Crippen molar-refractivity contribution in [3.8, 4) is 0 Å². The molecule has 1 atom stereocenters. The van der Waals surface area contributed by atoms with Gasteiger partial charge in [-0.25, -0.2) is 8.93 Å². The molecule has 1 aromatic carbocycles. The van der Waals surface area contributed by atoms with Gasteiger partial charge in [-0.3, -0.25) is 10.1 Å². The van der Waals surface area contributed by atoms with Crippen LogP contribution in [-0.2, 0) is 23.3 Å². The highest BCUT2D eigenvalue weighted by atomic mass is 32.2. The maximum Gasteiger partial charge on any atom is 0.269 e. The molecule has 2 rings (SSSR count). The Kier molecular flexibility index (Phi) is 2.30. The van der Waals surface area contributed by atoms with Crippen molar-refractivity contribution in [1.82, 2.24) is 4.72 Å². The minimum atomic E-state index is -1.04. The molecule has 1 aliphatic rings. The highest BCUT2D eigenvalue weighted by molar-refractivity contribution is 7.82. The largest absolute Gasteiger partial charge is 0.269 e. The van der Waals surface area contributed by atoms with E-state index >= 15 is 0 Å². The van der Waals surface area contributed by atoms with Crippen molar-refractivity contribution in [3.05, 3.63) is 39.4 Å². The van der Waals surface area contributed by atoms with Gasteiger partial charge in [-0.1, -0.05) is 6.07 Å². The van der Waals surface area contributed by atoms with Crippen molar-refractivity contribution in [1.29, 1.82) is 0 Å². The summed E-state index contributed by atoms with van der Waals surface area (Å²) in [4.78, 5) is 10.1. The number of nitro groups is 1. The Morgan fingerprint density at radius 2 is 2.21 bits per heavy atom. The second kappa shape index (κ2) is 3.47. The van der Waals surface area contributed by atoms with Crippen LogP contribution in [0.5, 0.6) is 0 Å². The minimum absolute atomic E-state index is 0.0817. The molecule has 0 saturated heterocycles. The Morgan fingerprint density at radius 1 is 1.43 bits per heavy atom. The normalized spacial score (nSPS) is 20.1. The van der Waals surface area contributed by atoms with E-state index in [2.05, 4.69) is 4.72 Å². The minimum Gasteiger partial charge on any atom is -0.258 e. The first kappa shape index (κ1) is 9.29. The van der Waals surface area contributed by atoms with Crippen molar-refractivity contribution in [3.63, 3.8) is 0 Å². The van der Waals surface area contributed by atoms with Gasteiger partial charge in [0.1, 0.15) is 0 Å². The molecular weight excluding hydrogens is 204 g/mol. The number of hydrogen-bond donors (Lipinski definition) is 1. The summed E-state index contributed by atoms with van der Waals surface area (Å²) in [6.07, 6.45) is 0. The summed E-state index contributed by atoms with van der Waals surface area (Å²) >= 11 is 0. The summed E-state index contributed by atoms with van der Waals surface area (Å²) < 4.78 is 13.9. The zero-order valence-electron chi connectivity index (χ0n) is 7.23. The van der Waals surface area contributed by atoms with E-state index in [9.17, 15) is 14.3 Å². The number of nitrogens with one attached hydrogen (secondary N) is 1. The van der Waals surface area contributed by atoms with Crippen molar-refractivity contribution in [2.75, 3.05) is 0 Å². The molecule has 0 amide bonds. The van der Waals surface area contributed by atoms with Crippen LogP contribution in [-0.4, -0.2) is 9.13 Å². The molecule has 1 N–H and O–H groups in total. The number of hydrogen-bond acceptors (Lipinski definition) is 3. The van der Waals surface area contributed by atoms with E-state index in [0.29, 0.717) is 12.3 Å². The Labute approximate surface area is 82.9 Å². The highest BCUT2D eigenvalue weighted by Crippen LogP contribution is 2.21. The van der Waals surface area contributed by atoms with Crippen LogP contribution in [0.2, 0.25) is 0 Å². The van der Waals surface area contributed by atoms with Crippen LogP contribution < -0.4 is 4.72 Å². The molecule has 0 bridgehead atoms. The van der Waals surface area contributed by atoms with E-state index in [1.165, 1.54) is 12.1 Å². The Balaban J connectivity index is 2.41. The van der Waals surface area contributed by atoms with Gasteiger partial charge < -0.3 is 0 Å². The van der Waals surface area contributed by atoms with Crippen molar-refractivity contribution < 1.29 is 9.13 Å². The number of nitrogens with zero attached hydrogens (tertiary/aromatic N) is 1. The molecule has 0 aliphatic carbocycles. The summed E-state index contributed by atoms with van der Waals surface area (Å²) in [6, 6.07) is 4.65. The summed E-state index contributed by atoms with van der Waals surface area (Å²) in [5.74, 6) is 0.424. The average Bonchev–Trinajstić information content (AvgIpc) is 2.16. The molecule has 1 heterocycles. The Hall–Kier alpha value is -1.27. The fraction of sp³-hybridized carbons (Fsp3) is 0.250. The summed E-state index contributed by atoms with van der Waals surface area (Å²) in [6.45, 7) is 0.434. The summed E-state index contributed by atoms with van der Waals surface area (Å²) in [5, 5.41) is 10.5. The smallest absolute Gasteiger partial charge is 0.258 e. The van der Waals surface area contributed by atoms with Crippen molar-refractivity contribution >= 4 is 16.7 Å². The summed E-state index contributed by atoms with van der Waals surface area (Å²) in [5.41, 5.74) is 1.87. The molecule has 0 spiro atoms. The van der Waals surface area contributed by atoms with Gasteiger partial charge in [0.2, 0.25) is 0 Å². The second-order valence-electron chi connectivity index (χ2n) is 3.02. The van der Waals surface area contributed by atoms with Crippen LogP contribution in [0.4, 0.5) is 5.69 Å². The number of rotatable bonds is 1. The standard InChI is InChI=1S/C8H8N2O3S/c11-10(12)8-2-1-6-5-14(13)9-4-7(6)3-8/h1-3,9H,4-5H2. The van der Waals surface area contributed by atoms with Crippen molar-refractivity contribution in [2.24, 2.45) is 0 Å². The average molecular weight is 212 g/mol. The molecule has 0 saturated carbocycles. The van der Waals surface area contributed by atoms with Gasteiger partial charge in [0.05, 0.1) is 21.7 Å². The molecule has 6 heteroatoms. The van der Waals surface area contributed by atoms with Crippen LogP contribution in [0.15, 0.2) is 18.2 Å². The molecule has 0 fully saturated rings. The van der Waals surface area contributed by atoms with Crippen LogP contribution in [0.1, 0.15) is 11.1 Å². The molecule has 74 valence electrons. The zero-order chi connectivity index (χ0) is 10.1. The van der Waals surface area contributed by atoms with E-state index in [1.54, 1.807) is 6.07 Å². The second-order valence-corrected chi connectivity index (χ2v) is 4.29. The Morgan fingerprint density at radius 3 is 2.93 bits per heavy atom. The lowest BCUT2D eigenvalue weighted by molar-refractivity contribution is -0.384. The molecule has 1 aliphatic heterocycles. The van der Waals surface area contributed by atoms with E-state index < -0.39 is 15.9 Å². The lowest BCUT2D eigenvalue weighted by Crippen LogP contribution is -2.24. The number of fused-ring (bicyclic) bond motifs is 1. The van der Waals surface area contributed by atoms with Gasteiger partial charge >= 0.3 is 0 Å². The predicted octanol–water partition coefficient (Wildman–Crippen LogP) is 0.862. The number of nitro benzene ring substituents is 1. The zero-order valence-corrected chi connectivity index (χ0v) is 8.04. The maximum absolute atomic E-state index is 11.1. The molecule has 1 aromatic rings. The SMILES string of the molecule is O=[N+]([O-])c1ccc2c(c1)CNS(=O)C2. The monoisotopic (exact) mass is 212 g/mol. The highest BCUT2D eigenvalue weighted by Gasteiger charge is 2.16. The molecular formula is C8H8N2O3S. The van der Waals surface area contributed by atoms with Crippen LogP contribution in [0.3, 0.4) is 0 Å². The Bertz CT molecular complexity index is 419. The molecule has 1 unspecified atom stereocenters. The first-order valence-corrected chi connectivity index (χ1v) is 5.37. The molecule has 0 radical (unpaired) electrons. The summed E-state index contributed by atoms with van der Waals surface area (Å²) in [7, 11) is -1.04. The van der Waals surface area contributed by atoms with Gasteiger partial charge in [-0.05, 0) is 11.1 Å². The topological polar surface area (TPSA) is 72.2 Å². The third-order valence-electron chi connectivity index (χ3n) is 2.11. The van der Waals surface area contributed by atoms with E-state index in [4.69, 9.17) is 0 Å². The van der Waals surface area contributed by atoms with E-state index in [1.807, 2.05) is 0 Å². The maximum atomic E-state index is 11.1. The lowest BCUT2D eigenvalue weighted by atomic mass is 10.1. The predicted molar refractivity (Wildman–Crippen MR) is 51.8 cm³/mol. The fourth-order valence-electron chi connectivity index (χ4n) is 1.38. The molecule has 5 nitrogen and oxygen atoms in total.